The molecule has 2 N–H and O–H groups in total. The van der Waals surface area contributed by atoms with Crippen LogP contribution in [0.1, 0.15) is 99.6 Å². The summed E-state index contributed by atoms with van der Waals surface area (Å²) in [4.78, 5) is 9.41. The molecule has 0 aliphatic rings. The average molecular weight is 485 g/mol. The Labute approximate surface area is 216 Å². The molecule has 0 bridgehead atoms. The fourth-order valence-corrected chi connectivity index (χ4v) is 4.39. The number of hydrogen-bond donors (Lipinski definition) is 2. The maximum atomic E-state index is 10.9. The third-order valence-electron chi connectivity index (χ3n) is 6.35. The smallest absolute Gasteiger partial charge is 0.127 e. The lowest BCUT2D eigenvalue weighted by molar-refractivity contribution is 0.463. The first-order valence-electron chi connectivity index (χ1n) is 13.1. The molecule has 0 radical (unpaired) electrons. The van der Waals surface area contributed by atoms with Crippen LogP contribution in [0.15, 0.2) is 58.5 Å². The molecule has 36 heavy (non-hydrogen) atoms. The second-order valence-corrected chi connectivity index (χ2v) is 10.1. The minimum Gasteiger partial charge on any atom is -0.507 e. The summed E-state index contributed by atoms with van der Waals surface area (Å²) < 4.78 is 0. The Morgan fingerprint density at radius 2 is 1.06 bits per heavy atom. The average Bonchev–Trinajstić information content (AvgIpc) is 2.84. The first-order valence-corrected chi connectivity index (χ1v) is 13.1. The first-order chi connectivity index (χ1) is 17.2. The highest BCUT2D eigenvalue weighted by Crippen LogP contribution is 2.34. The Morgan fingerprint density at radius 3 is 1.39 bits per heavy atom. The molecule has 0 saturated heterocycles. The molecular formula is C32H40N2O2. The monoisotopic (exact) mass is 484 g/mol. The van der Waals surface area contributed by atoms with Gasteiger partial charge in [-0.05, 0) is 71.2 Å². The van der Waals surface area contributed by atoms with E-state index in [2.05, 4.69) is 53.7 Å². The van der Waals surface area contributed by atoms with Crippen LogP contribution in [0.25, 0.3) is 0 Å². The summed E-state index contributed by atoms with van der Waals surface area (Å²) in [6.45, 7) is 12.7. The van der Waals surface area contributed by atoms with Crippen molar-refractivity contribution in [1.82, 2.24) is 0 Å². The molecule has 0 aliphatic carbocycles. The van der Waals surface area contributed by atoms with E-state index >= 15 is 0 Å². The Morgan fingerprint density at radius 1 is 0.667 bits per heavy atom. The molecule has 0 unspecified atom stereocenters. The lowest BCUT2D eigenvalue weighted by Crippen LogP contribution is -1.97. The van der Waals surface area contributed by atoms with E-state index in [4.69, 9.17) is 9.98 Å². The zero-order valence-corrected chi connectivity index (χ0v) is 22.5. The lowest BCUT2D eigenvalue weighted by Gasteiger charge is -2.14. The van der Waals surface area contributed by atoms with Crippen molar-refractivity contribution in [1.29, 1.82) is 0 Å². The Kier molecular flexibility index (Phi) is 9.46. The highest BCUT2D eigenvalue weighted by Gasteiger charge is 2.13. The molecular weight excluding hydrogens is 444 g/mol. The number of aromatic hydroxyl groups is 2. The molecule has 0 spiro atoms. The van der Waals surface area contributed by atoms with Crippen LogP contribution in [0.3, 0.4) is 0 Å². The van der Waals surface area contributed by atoms with E-state index in [1.807, 2.05) is 36.4 Å². The number of aryl methyl sites for hydroxylation is 2. The molecule has 0 fully saturated rings. The first kappa shape index (κ1) is 27.2. The molecule has 0 aromatic heterocycles. The molecule has 3 aromatic rings. The van der Waals surface area contributed by atoms with E-state index in [0.29, 0.717) is 11.4 Å². The summed E-state index contributed by atoms with van der Waals surface area (Å²) in [5.41, 5.74) is 7.13. The third kappa shape index (κ3) is 6.63. The zero-order valence-electron chi connectivity index (χ0n) is 22.5. The molecule has 4 nitrogen and oxygen atoms in total. The van der Waals surface area contributed by atoms with Crippen LogP contribution in [0.2, 0.25) is 0 Å². The van der Waals surface area contributed by atoms with Gasteiger partial charge in [0, 0.05) is 23.6 Å². The van der Waals surface area contributed by atoms with Crippen molar-refractivity contribution in [2.24, 2.45) is 9.98 Å². The van der Waals surface area contributed by atoms with Gasteiger partial charge in [0.2, 0.25) is 0 Å². The number of rotatable bonds is 10. The van der Waals surface area contributed by atoms with Gasteiger partial charge in [-0.1, -0.05) is 78.6 Å². The number of para-hydroxylation sites is 2. The van der Waals surface area contributed by atoms with Crippen LogP contribution in [0.5, 0.6) is 11.5 Å². The standard InChI is InChI=1S/C32H40N2O2/c1-7-11-23-15-25(31(35)27(17-23)21(3)4)19-33-29-13-9-10-14-30(29)34-20-26-16-24(12-8-2)18-28(22(5)6)32(26)36/h9-10,13-22,35-36H,7-8,11-12H2,1-6H3. The number of benzene rings is 3. The van der Waals surface area contributed by atoms with Gasteiger partial charge in [0.05, 0.1) is 11.4 Å². The van der Waals surface area contributed by atoms with Gasteiger partial charge in [0.1, 0.15) is 11.5 Å². The van der Waals surface area contributed by atoms with E-state index < -0.39 is 0 Å². The predicted molar refractivity (Wildman–Crippen MR) is 153 cm³/mol. The highest BCUT2D eigenvalue weighted by atomic mass is 16.3. The number of phenolic OH excluding ortho intramolecular Hbond substituents is 2. The van der Waals surface area contributed by atoms with Crippen molar-refractivity contribution in [3.8, 4) is 11.5 Å². The van der Waals surface area contributed by atoms with Gasteiger partial charge < -0.3 is 10.2 Å². The van der Waals surface area contributed by atoms with Crippen LogP contribution < -0.4 is 0 Å². The van der Waals surface area contributed by atoms with E-state index in [9.17, 15) is 10.2 Å². The summed E-state index contributed by atoms with van der Waals surface area (Å²) in [5.74, 6) is 1.01. The maximum absolute atomic E-state index is 10.9. The fourth-order valence-electron chi connectivity index (χ4n) is 4.39. The second kappa shape index (κ2) is 12.5. The lowest BCUT2D eigenvalue weighted by atomic mass is 9.95. The van der Waals surface area contributed by atoms with E-state index in [1.165, 1.54) is 11.1 Å². The van der Waals surface area contributed by atoms with Crippen LogP contribution in [-0.4, -0.2) is 22.6 Å². The fraction of sp³-hybridized carbons (Fsp3) is 0.375. The SMILES string of the molecule is CCCc1cc(C=Nc2ccccc2N=Cc2cc(CCC)cc(C(C)C)c2O)c(O)c(C(C)C)c1. The predicted octanol–water partition coefficient (Wildman–Crippen LogP) is 8.75. The van der Waals surface area contributed by atoms with Crippen molar-refractivity contribution >= 4 is 23.8 Å². The van der Waals surface area contributed by atoms with Crippen LogP contribution in [-0.2, 0) is 12.8 Å². The van der Waals surface area contributed by atoms with Crippen molar-refractivity contribution in [2.45, 2.75) is 79.1 Å². The molecule has 0 heterocycles. The minimum absolute atomic E-state index is 0.220. The quantitative estimate of drug-likeness (QED) is 0.282. The van der Waals surface area contributed by atoms with Gasteiger partial charge in [0.25, 0.3) is 0 Å². The largest absolute Gasteiger partial charge is 0.507 e. The molecule has 4 heteroatoms. The molecule has 3 aromatic carbocycles. The number of hydrogen-bond acceptors (Lipinski definition) is 4. The summed E-state index contributed by atoms with van der Waals surface area (Å²) in [6.07, 6.45) is 7.46. The van der Waals surface area contributed by atoms with Crippen molar-refractivity contribution < 1.29 is 10.2 Å². The molecule has 0 amide bonds. The summed E-state index contributed by atoms with van der Waals surface area (Å²) in [6, 6.07) is 15.9. The minimum atomic E-state index is 0.220. The highest BCUT2D eigenvalue weighted by molar-refractivity contribution is 5.90. The summed E-state index contributed by atoms with van der Waals surface area (Å²) in [7, 11) is 0. The number of nitrogens with zero attached hydrogens (tertiary/aromatic N) is 2. The van der Waals surface area contributed by atoms with Crippen LogP contribution in [0.4, 0.5) is 11.4 Å². The maximum Gasteiger partial charge on any atom is 0.127 e. The van der Waals surface area contributed by atoms with Gasteiger partial charge in [-0.15, -0.1) is 0 Å². The van der Waals surface area contributed by atoms with Gasteiger partial charge >= 0.3 is 0 Å². The molecule has 0 aliphatic heterocycles. The zero-order chi connectivity index (χ0) is 26.2. The van der Waals surface area contributed by atoms with Crippen molar-refractivity contribution in [3.63, 3.8) is 0 Å². The molecule has 3 rings (SSSR count). The Hall–Kier alpha value is -3.40. The molecule has 190 valence electrons. The van der Waals surface area contributed by atoms with Crippen LogP contribution in [0, 0.1) is 0 Å². The second-order valence-electron chi connectivity index (χ2n) is 10.1. The number of phenols is 2. The van der Waals surface area contributed by atoms with Gasteiger partial charge in [0.15, 0.2) is 0 Å². The van der Waals surface area contributed by atoms with E-state index in [1.54, 1.807) is 12.4 Å². The Balaban J connectivity index is 1.99. The van der Waals surface area contributed by atoms with Crippen molar-refractivity contribution in [3.05, 3.63) is 81.9 Å². The normalized spacial score (nSPS) is 12.0. The van der Waals surface area contributed by atoms with Crippen molar-refractivity contribution in [2.75, 3.05) is 0 Å². The third-order valence-corrected chi connectivity index (χ3v) is 6.35. The summed E-state index contributed by atoms with van der Waals surface area (Å²) in [5, 5.41) is 21.7. The van der Waals surface area contributed by atoms with Gasteiger partial charge in [-0.2, -0.15) is 0 Å². The van der Waals surface area contributed by atoms with Gasteiger partial charge in [-0.25, -0.2) is 0 Å². The molecule has 0 saturated carbocycles. The van der Waals surface area contributed by atoms with E-state index in [-0.39, 0.29) is 23.3 Å². The topological polar surface area (TPSA) is 65.2 Å². The van der Waals surface area contributed by atoms with Gasteiger partial charge in [-0.3, -0.25) is 9.98 Å². The van der Waals surface area contributed by atoms with Crippen LogP contribution >= 0.6 is 0 Å². The summed E-state index contributed by atoms with van der Waals surface area (Å²) >= 11 is 0. The molecule has 0 atom stereocenters. The van der Waals surface area contributed by atoms with E-state index in [0.717, 1.165) is 47.9 Å². The number of aliphatic imine (C=N–C) groups is 2. The Bertz CT molecular complexity index is 1140.